The third-order valence-corrected chi connectivity index (χ3v) is 4.01. The smallest absolute Gasteiger partial charge is 0.233 e. The molecule has 1 aliphatic heterocycles. The van der Waals surface area contributed by atoms with Crippen LogP contribution >= 0.6 is 23.2 Å². The second-order valence-electron chi connectivity index (χ2n) is 4.78. The maximum atomic E-state index is 5.98. The fourth-order valence-electron chi connectivity index (χ4n) is 2.15. The molecule has 1 fully saturated rings. The number of benzene rings is 1. The molecule has 2 atom stereocenters. The van der Waals surface area contributed by atoms with Crippen LogP contribution in [0.15, 0.2) is 22.7 Å². The largest absolute Gasteiger partial charge is 0.379 e. The van der Waals surface area contributed by atoms with Gasteiger partial charge in [0.05, 0.1) is 29.2 Å². The number of nitrogens with two attached hydrogens (primary N) is 1. The van der Waals surface area contributed by atoms with Crippen LogP contribution in [0.2, 0.25) is 10.0 Å². The third kappa shape index (κ3) is 2.81. The van der Waals surface area contributed by atoms with Gasteiger partial charge >= 0.3 is 0 Å². The summed E-state index contributed by atoms with van der Waals surface area (Å²) in [6.07, 6.45) is 0.531. The van der Waals surface area contributed by atoms with Crippen molar-refractivity contribution in [2.45, 2.75) is 18.4 Å². The SMILES string of the molecule is NC1COCC1c1nc(Cc2ccc(Cl)c(Cl)c2)no1. The number of ether oxygens (including phenoxy) is 1. The van der Waals surface area contributed by atoms with Crippen LogP contribution in [0.25, 0.3) is 0 Å². The number of hydrogen-bond donors (Lipinski definition) is 1. The molecule has 5 nitrogen and oxygen atoms in total. The standard InChI is InChI=1S/C13H13Cl2N3O2/c14-9-2-1-7(3-10(9)15)4-12-17-13(20-18-12)8-5-19-6-11(8)16/h1-3,8,11H,4-6,16H2. The van der Waals surface area contributed by atoms with Gasteiger partial charge in [-0.1, -0.05) is 34.4 Å². The molecular weight excluding hydrogens is 301 g/mol. The van der Waals surface area contributed by atoms with Gasteiger partial charge in [-0.15, -0.1) is 0 Å². The molecule has 1 aliphatic rings. The van der Waals surface area contributed by atoms with E-state index in [0.29, 0.717) is 41.4 Å². The Morgan fingerprint density at radius 1 is 1.25 bits per heavy atom. The van der Waals surface area contributed by atoms with E-state index >= 15 is 0 Å². The van der Waals surface area contributed by atoms with Gasteiger partial charge < -0.3 is 15.0 Å². The Bertz CT molecular complexity index is 617. The first kappa shape index (κ1) is 13.8. The highest BCUT2D eigenvalue weighted by Crippen LogP contribution is 2.25. The van der Waals surface area contributed by atoms with Gasteiger partial charge in [0.15, 0.2) is 5.82 Å². The first-order valence-corrected chi connectivity index (χ1v) is 6.99. The van der Waals surface area contributed by atoms with Crippen LogP contribution in [0.3, 0.4) is 0 Å². The molecule has 0 amide bonds. The van der Waals surface area contributed by atoms with Crippen LogP contribution < -0.4 is 5.73 Å². The fourth-order valence-corrected chi connectivity index (χ4v) is 2.47. The van der Waals surface area contributed by atoms with Gasteiger partial charge in [-0.05, 0) is 17.7 Å². The minimum Gasteiger partial charge on any atom is -0.379 e. The van der Waals surface area contributed by atoms with Crippen LogP contribution in [-0.2, 0) is 11.2 Å². The minimum absolute atomic E-state index is 0.0231. The van der Waals surface area contributed by atoms with E-state index in [-0.39, 0.29) is 12.0 Å². The van der Waals surface area contributed by atoms with Gasteiger partial charge in [0, 0.05) is 12.5 Å². The molecule has 0 spiro atoms. The lowest BCUT2D eigenvalue weighted by atomic mass is 10.1. The molecule has 2 aromatic rings. The van der Waals surface area contributed by atoms with Crippen LogP contribution in [0.5, 0.6) is 0 Å². The van der Waals surface area contributed by atoms with E-state index in [0.717, 1.165) is 5.56 Å². The summed E-state index contributed by atoms with van der Waals surface area (Å²) >= 11 is 11.9. The Morgan fingerprint density at radius 3 is 2.80 bits per heavy atom. The normalized spacial score (nSPS) is 22.4. The van der Waals surface area contributed by atoms with Gasteiger partial charge in [-0.3, -0.25) is 0 Å². The van der Waals surface area contributed by atoms with Gasteiger partial charge in [0.1, 0.15) is 0 Å². The quantitative estimate of drug-likeness (QED) is 0.941. The molecule has 0 aliphatic carbocycles. The summed E-state index contributed by atoms with van der Waals surface area (Å²) in [5.41, 5.74) is 6.90. The van der Waals surface area contributed by atoms with Crippen molar-refractivity contribution >= 4 is 23.2 Å². The Hall–Kier alpha value is -1.14. The van der Waals surface area contributed by atoms with E-state index in [9.17, 15) is 0 Å². The number of halogens is 2. The van der Waals surface area contributed by atoms with Crippen molar-refractivity contribution in [3.63, 3.8) is 0 Å². The van der Waals surface area contributed by atoms with E-state index in [1.165, 1.54) is 0 Å². The van der Waals surface area contributed by atoms with Crippen molar-refractivity contribution < 1.29 is 9.26 Å². The van der Waals surface area contributed by atoms with E-state index in [1.54, 1.807) is 12.1 Å². The van der Waals surface area contributed by atoms with Gasteiger partial charge in [0.25, 0.3) is 0 Å². The maximum Gasteiger partial charge on any atom is 0.233 e. The second-order valence-corrected chi connectivity index (χ2v) is 5.60. The molecule has 1 aromatic heterocycles. The lowest BCUT2D eigenvalue weighted by Gasteiger charge is -2.06. The van der Waals surface area contributed by atoms with Crippen molar-refractivity contribution in [3.05, 3.63) is 45.5 Å². The number of rotatable bonds is 3. The Kier molecular flexibility index (Phi) is 3.94. The molecule has 0 saturated carbocycles. The van der Waals surface area contributed by atoms with E-state index < -0.39 is 0 Å². The minimum atomic E-state index is -0.0896. The van der Waals surface area contributed by atoms with Gasteiger partial charge in [-0.2, -0.15) is 4.98 Å². The van der Waals surface area contributed by atoms with Crippen LogP contribution in [0.4, 0.5) is 0 Å². The summed E-state index contributed by atoms with van der Waals surface area (Å²) in [4.78, 5) is 4.38. The van der Waals surface area contributed by atoms with E-state index in [1.807, 2.05) is 6.07 Å². The molecular formula is C13H13Cl2N3O2. The molecule has 2 unspecified atom stereocenters. The molecule has 0 radical (unpaired) electrons. The number of hydrogen-bond acceptors (Lipinski definition) is 5. The number of aromatic nitrogens is 2. The molecule has 20 heavy (non-hydrogen) atoms. The lowest BCUT2D eigenvalue weighted by molar-refractivity contribution is 0.187. The Labute approximate surface area is 126 Å². The summed E-state index contributed by atoms with van der Waals surface area (Å²) < 4.78 is 10.6. The molecule has 3 rings (SSSR count). The van der Waals surface area contributed by atoms with Crippen LogP contribution in [-0.4, -0.2) is 29.4 Å². The summed E-state index contributed by atoms with van der Waals surface area (Å²) in [7, 11) is 0. The maximum absolute atomic E-state index is 5.98. The van der Waals surface area contributed by atoms with Crippen molar-refractivity contribution in [3.8, 4) is 0 Å². The summed E-state index contributed by atoms with van der Waals surface area (Å²) in [5.74, 6) is 1.10. The molecule has 0 bridgehead atoms. The summed E-state index contributed by atoms with van der Waals surface area (Å²) in [6, 6.07) is 5.34. The van der Waals surface area contributed by atoms with Gasteiger partial charge in [-0.25, -0.2) is 0 Å². The highest BCUT2D eigenvalue weighted by atomic mass is 35.5. The van der Waals surface area contributed by atoms with Crippen molar-refractivity contribution in [1.29, 1.82) is 0 Å². The zero-order valence-corrected chi connectivity index (χ0v) is 12.1. The Balaban J connectivity index is 1.75. The second kappa shape index (κ2) is 5.69. The first-order valence-electron chi connectivity index (χ1n) is 6.23. The topological polar surface area (TPSA) is 74.2 Å². The lowest BCUT2D eigenvalue weighted by Crippen LogP contribution is -2.27. The highest BCUT2D eigenvalue weighted by molar-refractivity contribution is 6.42. The first-order chi connectivity index (χ1) is 9.63. The third-order valence-electron chi connectivity index (χ3n) is 3.27. The van der Waals surface area contributed by atoms with Gasteiger partial charge in [0.2, 0.25) is 5.89 Å². The molecule has 2 heterocycles. The summed E-state index contributed by atoms with van der Waals surface area (Å²) in [6.45, 7) is 1.05. The molecule has 7 heteroatoms. The average Bonchev–Trinajstić information content (AvgIpc) is 3.03. The van der Waals surface area contributed by atoms with Crippen molar-refractivity contribution in [2.24, 2.45) is 5.73 Å². The van der Waals surface area contributed by atoms with Crippen molar-refractivity contribution in [2.75, 3.05) is 13.2 Å². The fraction of sp³-hybridized carbons (Fsp3) is 0.385. The monoisotopic (exact) mass is 313 g/mol. The molecule has 1 saturated heterocycles. The van der Waals surface area contributed by atoms with Crippen LogP contribution in [0.1, 0.15) is 23.2 Å². The molecule has 1 aromatic carbocycles. The molecule has 2 N–H and O–H groups in total. The zero-order valence-electron chi connectivity index (χ0n) is 10.6. The summed E-state index contributed by atoms with van der Waals surface area (Å²) in [5, 5.41) is 5.01. The Morgan fingerprint density at radius 2 is 2.10 bits per heavy atom. The van der Waals surface area contributed by atoms with Crippen LogP contribution in [0, 0.1) is 0 Å². The predicted molar refractivity (Wildman–Crippen MR) is 75.1 cm³/mol. The average molecular weight is 314 g/mol. The van der Waals surface area contributed by atoms with E-state index in [4.69, 9.17) is 38.2 Å². The highest BCUT2D eigenvalue weighted by Gasteiger charge is 2.31. The number of nitrogens with zero attached hydrogens (tertiary/aromatic N) is 2. The molecule has 106 valence electrons. The predicted octanol–water partition coefficient (Wildman–Crippen LogP) is 2.41. The zero-order chi connectivity index (χ0) is 14.1. The van der Waals surface area contributed by atoms with E-state index in [2.05, 4.69) is 10.1 Å². The van der Waals surface area contributed by atoms with Crippen molar-refractivity contribution in [1.82, 2.24) is 10.1 Å².